The maximum Gasteiger partial charge on any atom is 0.136 e. The van der Waals surface area contributed by atoms with Gasteiger partial charge in [0.25, 0.3) is 0 Å². The summed E-state index contributed by atoms with van der Waals surface area (Å²) in [7, 11) is 0. The Bertz CT molecular complexity index is 3120. The third-order valence-corrected chi connectivity index (χ3v) is 10.8. The standard InChI is InChI=1S/C50H30O/c1-2-12-34-29-48-46(27-33(34)11-1)40-26-25-36(30-47(40)51-48)50-43-19-9-7-17-41(43)49(42-18-8-10-20-44(42)50)32-23-21-31(22-24-32)45-28-35-13-3-4-14-37(35)38-15-5-6-16-39(38)45/h1-30H. The molecule has 0 bridgehead atoms. The second kappa shape index (κ2) is 10.9. The molecule has 0 atom stereocenters. The molecule has 10 aromatic carbocycles. The van der Waals surface area contributed by atoms with E-state index in [-0.39, 0.29) is 0 Å². The van der Waals surface area contributed by atoms with Crippen molar-refractivity contribution in [3.8, 4) is 33.4 Å². The van der Waals surface area contributed by atoms with Crippen LogP contribution in [0.3, 0.4) is 0 Å². The van der Waals surface area contributed by atoms with Crippen LogP contribution in [0.5, 0.6) is 0 Å². The molecule has 0 aliphatic carbocycles. The molecule has 0 aliphatic rings. The van der Waals surface area contributed by atoms with Crippen LogP contribution in [0.2, 0.25) is 0 Å². The maximum absolute atomic E-state index is 6.54. The highest BCUT2D eigenvalue weighted by Crippen LogP contribution is 2.45. The van der Waals surface area contributed by atoms with Crippen molar-refractivity contribution in [2.45, 2.75) is 0 Å². The summed E-state index contributed by atoms with van der Waals surface area (Å²) in [6.45, 7) is 0. The molecule has 1 nitrogen and oxygen atoms in total. The van der Waals surface area contributed by atoms with Gasteiger partial charge in [0.05, 0.1) is 0 Å². The Labute approximate surface area is 294 Å². The van der Waals surface area contributed by atoms with Crippen LogP contribution in [0.25, 0.3) is 109 Å². The SMILES string of the molecule is c1ccc2cc3c(cc2c1)oc1cc(-c2c4ccccc4c(-c4ccc(-c5cc6ccccc6c6ccccc56)cc4)c4ccccc24)ccc13. The van der Waals surface area contributed by atoms with Gasteiger partial charge in [0, 0.05) is 10.8 Å². The molecule has 0 radical (unpaired) electrons. The lowest BCUT2D eigenvalue weighted by atomic mass is 9.85. The molecule has 0 saturated carbocycles. The first-order valence-electron chi connectivity index (χ1n) is 17.6. The molecule has 0 amide bonds. The Kier molecular flexibility index (Phi) is 6.02. The van der Waals surface area contributed by atoms with E-state index in [1.165, 1.54) is 81.7 Å². The largest absolute Gasteiger partial charge is 0.456 e. The van der Waals surface area contributed by atoms with Gasteiger partial charge in [-0.3, -0.25) is 0 Å². The van der Waals surface area contributed by atoms with E-state index in [1.54, 1.807) is 0 Å². The first-order chi connectivity index (χ1) is 25.3. The molecule has 0 fully saturated rings. The van der Waals surface area contributed by atoms with E-state index in [4.69, 9.17) is 4.42 Å². The Morgan fingerprint density at radius 3 is 1.39 bits per heavy atom. The van der Waals surface area contributed by atoms with E-state index < -0.39 is 0 Å². The maximum atomic E-state index is 6.54. The monoisotopic (exact) mass is 646 g/mol. The summed E-state index contributed by atoms with van der Waals surface area (Å²) in [6.07, 6.45) is 0. The van der Waals surface area contributed by atoms with Gasteiger partial charge in [0.1, 0.15) is 11.2 Å². The predicted octanol–water partition coefficient (Wildman–Crippen LogP) is 14.4. The third kappa shape index (κ3) is 4.28. The molecule has 0 unspecified atom stereocenters. The van der Waals surface area contributed by atoms with Gasteiger partial charge in [-0.05, 0) is 118 Å². The van der Waals surface area contributed by atoms with Crippen molar-refractivity contribution in [1.29, 1.82) is 0 Å². The lowest BCUT2D eigenvalue weighted by Crippen LogP contribution is -1.91. The Hall–Kier alpha value is -6.70. The highest BCUT2D eigenvalue weighted by molar-refractivity contribution is 6.22. The van der Waals surface area contributed by atoms with Gasteiger partial charge in [-0.2, -0.15) is 0 Å². The molecule has 11 aromatic rings. The third-order valence-electron chi connectivity index (χ3n) is 10.8. The molecule has 1 aromatic heterocycles. The van der Waals surface area contributed by atoms with Crippen molar-refractivity contribution in [3.63, 3.8) is 0 Å². The van der Waals surface area contributed by atoms with Crippen LogP contribution >= 0.6 is 0 Å². The summed E-state index contributed by atoms with van der Waals surface area (Å²) in [6, 6.07) is 66.3. The fourth-order valence-corrected chi connectivity index (χ4v) is 8.48. The van der Waals surface area contributed by atoms with Crippen LogP contribution in [-0.2, 0) is 0 Å². The number of rotatable bonds is 3. The summed E-state index contributed by atoms with van der Waals surface area (Å²) in [5, 5.41) is 14.8. The van der Waals surface area contributed by atoms with Gasteiger partial charge in [-0.15, -0.1) is 0 Å². The van der Waals surface area contributed by atoms with Crippen LogP contribution in [0.4, 0.5) is 0 Å². The minimum Gasteiger partial charge on any atom is -0.456 e. The van der Waals surface area contributed by atoms with E-state index in [1.807, 2.05) is 0 Å². The Balaban J connectivity index is 1.10. The van der Waals surface area contributed by atoms with E-state index in [0.29, 0.717) is 0 Å². The molecule has 236 valence electrons. The minimum atomic E-state index is 0.909. The number of hydrogen-bond donors (Lipinski definition) is 0. The fraction of sp³-hybridized carbons (Fsp3) is 0. The summed E-state index contributed by atoms with van der Waals surface area (Å²) >= 11 is 0. The summed E-state index contributed by atoms with van der Waals surface area (Å²) in [4.78, 5) is 0. The van der Waals surface area contributed by atoms with Crippen molar-refractivity contribution in [2.24, 2.45) is 0 Å². The highest BCUT2D eigenvalue weighted by atomic mass is 16.3. The molecule has 0 saturated heterocycles. The summed E-state index contributed by atoms with van der Waals surface area (Å²) in [5.74, 6) is 0. The van der Waals surface area contributed by atoms with E-state index in [9.17, 15) is 0 Å². The minimum absolute atomic E-state index is 0.909. The fourth-order valence-electron chi connectivity index (χ4n) is 8.48. The molecular formula is C50H30O. The average Bonchev–Trinajstić information content (AvgIpc) is 3.55. The molecule has 1 heteroatoms. The van der Waals surface area contributed by atoms with Crippen molar-refractivity contribution in [2.75, 3.05) is 0 Å². The van der Waals surface area contributed by atoms with Gasteiger partial charge in [-0.1, -0.05) is 152 Å². The first kappa shape index (κ1) is 28.2. The van der Waals surface area contributed by atoms with Gasteiger partial charge < -0.3 is 4.42 Å². The first-order valence-corrected chi connectivity index (χ1v) is 17.6. The molecule has 0 aliphatic heterocycles. The van der Waals surface area contributed by atoms with Crippen molar-refractivity contribution < 1.29 is 4.42 Å². The van der Waals surface area contributed by atoms with Crippen LogP contribution in [0.15, 0.2) is 186 Å². The molecule has 51 heavy (non-hydrogen) atoms. The van der Waals surface area contributed by atoms with Crippen molar-refractivity contribution >= 4 is 75.8 Å². The van der Waals surface area contributed by atoms with E-state index in [0.717, 1.165) is 27.5 Å². The molecule has 11 rings (SSSR count). The van der Waals surface area contributed by atoms with Crippen LogP contribution in [-0.4, -0.2) is 0 Å². The van der Waals surface area contributed by atoms with Gasteiger partial charge in [0.2, 0.25) is 0 Å². The van der Waals surface area contributed by atoms with Gasteiger partial charge >= 0.3 is 0 Å². The lowest BCUT2D eigenvalue weighted by Gasteiger charge is -2.18. The second-order valence-electron chi connectivity index (χ2n) is 13.6. The quantitative estimate of drug-likeness (QED) is 0.138. The van der Waals surface area contributed by atoms with Crippen molar-refractivity contribution in [1.82, 2.24) is 0 Å². The Morgan fingerprint density at radius 1 is 0.255 bits per heavy atom. The zero-order chi connectivity index (χ0) is 33.5. The Morgan fingerprint density at radius 2 is 0.725 bits per heavy atom. The highest BCUT2D eigenvalue weighted by Gasteiger charge is 2.18. The molecule has 0 spiro atoms. The van der Waals surface area contributed by atoms with Crippen LogP contribution in [0, 0.1) is 0 Å². The van der Waals surface area contributed by atoms with Gasteiger partial charge in [0.15, 0.2) is 0 Å². The molecule has 0 N–H and O–H groups in total. The summed E-state index contributed by atoms with van der Waals surface area (Å²) < 4.78 is 6.54. The van der Waals surface area contributed by atoms with Gasteiger partial charge in [-0.25, -0.2) is 0 Å². The zero-order valence-electron chi connectivity index (χ0n) is 27.7. The number of furan rings is 1. The average molecular weight is 647 g/mol. The molecular weight excluding hydrogens is 617 g/mol. The van der Waals surface area contributed by atoms with Crippen LogP contribution in [0.1, 0.15) is 0 Å². The smallest absolute Gasteiger partial charge is 0.136 e. The van der Waals surface area contributed by atoms with E-state index >= 15 is 0 Å². The lowest BCUT2D eigenvalue weighted by molar-refractivity contribution is 0.669. The summed E-state index contributed by atoms with van der Waals surface area (Å²) in [5.41, 5.74) is 9.17. The topological polar surface area (TPSA) is 13.1 Å². The van der Waals surface area contributed by atoms with Crippen molar-refractivity contribution in [3.05, 3.63) is 182 Å². The normalized spacial score (nSPS) is 11.9. The predicted molar refractivity (Wildman–Crippen MR) is 218 cm³/mol. The number of benzene rings is 10. The number of hydrogen-bond acceptors (Lipinski definition) is 1. The van der Waals surface area contributed by atoms with E-state index in [2.05, 4.69) is 182 Å². The number of fused-ring (bicyclic) bond motifs is 9. The van der Waals surface area contributed by atoms with Crippen LogP contribution < -0.4 is 0 Å². The molecule has 1 heterocycles. The second-order valence-corrected chi connectivity index (χ2v) is 13.6. The zero-order valence-corrected chi connectivity index (χ0v) is 27.7.